The lowest BCUT2D eigenvalue weighted by atomic mass is 9.87. The molecular weight excluding hydrogens is 296 g/mol. The molecule has 1 aromatic rings. The molecule has 2 amide bonds. The molecule has 2 aliphatic rings. The van der Waals surface area contributed by atoms with Crippen LogP contribution in [0, 0.1) is 5.41 Å². The molecule has 0 saturated carbocycles. The Hall–Kier alpha value is -2.02. The van der Waals surface area contributed by atoms with Gasteiger partial charge in [0.15, 0.2) is 0 Å². The van der Waals surface area contributed by atoms with Gasteiger partial charge in [0.1, 0.15) is 12.3 Å². The highest BCUT2D eigenvalue weighted by molar-refractivity contribution is 5.92. The minimum absolute atomic E-state index is 0.0237. The highest BCUT2D eigenvalue weighted by Gasteiger charge is 2.44. The Bertz CT molecular complexity index is 592. The third-order valence-corrected chi connectivity index (χ3v) is 4.59. The van der Waals surface area contributed by atoms with Crippen LogP contribution in [0.4, 0.5) is 0 Å². The predicted molar refractivity (Wildman–Crippen MR) is 82.7 cm³/mol. The highest BCUT2D eigenvalue weighted by atomic mass is 16.5. The van der Waals surface area contributed by atoms with Gasteiger partial charge in [-0.05, 0) is 20.3 Å². The molecule has 1 spiro atoms. The van der Waals surface area contributed by atoms with E-state index in [4.69, 9.17) is 4.74 Å². The van der Waals surface area contributed by atoms with Crippen molar-refractivity contribution in [1.82, 2.24) is 19.8 Å². The fourth-order valence-corrected chi connectivity index (χ4v) is 3.33. The summed E-state index contributed by atoms with van der Waals surface area (Å²) >= 11 is 0. The molecule has 0 aliphatic carbocycles. The summed E-state index contributed by atoms with van der Waals surface area (Å²) in [6, 6.07) is 0.130. The number of ether oxygens (including phenoxy) is 1. The predicted octanol–water partition coefficient (Wildman–Crippen LogP) is 0.576. The standard InChI is InChI=1S/C16H22N4O3/c1-12(2)20-10-16(11-23-8-14(20)21)3-6-19(9-16)15(22)13-7-17-4-5-18-13/h4-5,7,12H,3,6,8-11H2,1-2H3. The number of amides is 2. The van der Waals surface area contributed by atoms with Gasteiger partial charge in [0.2, 0.25) is 5.91 Å². The quantitative estimate of drug-likeness (QED) is 0.797. The van der Waals surface area contributed by atoms with E-state index in [-0.39, 0.29) is 29.9 Å². The van der Waals surface area contributed by atoms with E-state index < -0.39 is 0 Å². The first-order valence-electron chi connectivity index (χ1n) is 7.93. The number of likely N-dealkylation sites (tertiary alicyclic amines) is 1. The summed E-state index contributed by atoms with van der Waals surface area (Å²) in [5.74, 6) is -0.0859. The Balaban J connectivity index is 1.75. The Labute approximate surface area is 135 Å². The average molecular weight is 318 g/mol. The SMILES string of the molecule is CC(C)N1CC2(CCN(C(=O)c3cnccn3)C2)COCC1=O. The van der Waals surface area contributed by atoms with Crippen LogP contribution in [0.15, 0.2) is 18.6 Å². The second-order valence-corrected chi connectivity index (χ2v) is 6.68. The second kappa shape index (κ2) is 6.23. The molecule has 23 heavy (non-hydrogen) atoms. The molecule has 0 aromatic carbocycles. The molecule has 0 radical (unpaired) electrons. The number of carbonyl (C=O) groups excluding carboxylic acids is 2. The minimum atomic E-state index is -0.186. The van der Waals surface area contributed by atoms with Gasteiger partial charge in [-0.25, -0.2) is 4.98 Å². The lowest BCUT2D eigenvalue weighted by Crippen LogP contribution is -2.46. The third-order valence-electron chi connectivity index (χ3n) is 4.59. The van der Waals surface area contributed by atoms with E-state index in [1.807, 2.05) is 18.7 Å². The van der Waals surface area contributed by atoms with Crippen LogP contribution in [-0.2, 0) is 9.53 Å². The molecule has 1 aromatic heterocycles. The van der Waals surface area contributed by atoms with E-state index in [2.05, 4.69) is 9.97 Å². The molecule has 2 fully saturated rings. The molecule has 1 unspecified atom stereocenters. The Kier molecular flexibility index (Phi) is 4.30. The van der Waals surface area contributed by atoms with Crippen LogP contribution < -0.4 is 0 Å². The summed E-state index contributed by atoms with van der Waals surface area (Å²) in [6.07, 6.45) is 5.39. The van der Waals surface area contributed by atoms with E-state index >= 15 is 0 Å². The first-order chi connectivity index (χ1) is 11.0. The lowest BCUT2D eigenvalue weighted by molar-refractivity contribution is -0.135. The molecular formula is C16H22N4O3. The maximum absolute atomic E-state index is 12.5. The fraction of sp³-hybridized carbons (Fsp3) is 0.625. The number of carbonyl (C=O) groups is 2. The van der Waals surface area contributed by atoms with E-state index in [9.17, 15) is 9.59 Å². The van der Waals surface area contributed by atoms with Gasteiger partial charge in [-0.15, -0.1) is 0 Å². The van der Waals surface area contributed by atoms with Gasteiger partial charge in [0, 0.05) is 43.5 Å². The van der Waals surface area contributed by atoms with Crippen molar-refractivity contribution in [3.8, 4) is 0 Å². The molecule has 124 valence electrons. The van der Waals surface area contributed by atoms with Crippen molar-refractivity contribution >= 4 is 11.8 Å². The van der Waals surface area contributed by atoms with E-state index in [1.54, 1.807) is 11.1 Å². The van der Waals surface area contributed by atoms with Crippen LogP contribution in [0.5, 0.6) is 0 Å². The first-order valence-corrected chi connectivity index (χ1v) is 7.93. The summed E-state index contributed by atoms with van der Waals surface area (Å²) in [5, 5.41) is 0. The largest absolute Gasteiger partial charge is 0.371 e. The zero-order valence-electron chi connectivity index (χ0n) is 13.6. The van der Waals surface area contributed by atoms with E-state index in [0.717, 1.165) is 6.42 Å². The zero-order chi connectivity index (χ0) is 16.4. The molecule has 3 heterocycles. The second-order valence-electron chi connectivity index (χ2n) is 6.68. The van der Waals surface area contributed by atoms with Gasteiger partial charge in [-0.2, -0.15) is 0 Å². The van der Waals surface area contributed by atoms with Crippen LogP contribution in [-0.4, -0.2) is 70.5 Å². The summed E-state index contributed by atoms with van der Waals surface area (Å²) in [6.45, 7) is 6.51. The molecule has 0 N–H and O–H groups in total. The Morgan fingerprint density at radius 1 is 1.35 bits per heavy atom. The van der Waals surface area contributed by atoms with Crippen molar-refractivity contribution in [3.63, 3.8) is 0 Å². The highest BCUT2D eigenvalue weighted by Crippen LogP contribution is 2.34. The summed E-state index contributed by atoms with van der Waals surface area (Å²) in [5.41, 5.74) is 0.171. The van der Waals surface area contributed by atoms with Gasteiger partial charge in [0.05, 0.1) is 12.8 Å². The Morgan fingerprint density at radius 3 is 2.87 bits per heavy atom. The van der Waals surface area contributed by atoms with Gasteiger partial charge >= 0.3 is 0 Å². The Morgan fingerprint density at radius 2 is 2.17 bits per heavy atom. The molecule has 7 nitrogen and oxygen atoms in total. The van der Waals surface area contributed by atoms with Crippen LogP contribution >= 0.6 is 0 Å². The smallest absolute Gasteiger partial charge is 0.274 e. The first kappa shape index (κ1) is 15.9. The monoisotopic (exact) mass is 318 g/mol. The zero-order valence-corrected chi connectivity index (χ0v) is 13.6. The number of rotatable bonds is 2. The molecule has 1 atom stereocenters. The van der Waals surface area contributed by atoms with Crippen molar-refractivity contribution in [3.05, 3.63) is 24.3 Å². The lowest BCUT2D eigenvalue weighted by Gasteiger charge is -2.34. The summed E-state index contributed by atoms with van der Waals surface area (Å²) in [7, 11) is 0. The number of hydrogen-bond acceptors (Lipinski definition) is 5. The topological polar surface area (TPSA) is 75.6 Å². The van der Waals surface area contributed by atoms with Crippen molar-refractivity contribution < 1.29 is 14.3 Å². The van der Waals surface area contributed by atoms with Crippen molar-refractivity contribution in [2.45, 2.75) is 26.3 Å². The minimum Gasteiger partial charge on any atom is -0.371 e. The van der Waals surface area contributed by atoms with Crippen LogP contribution in [0.25, 0.3) is 0 Å². The van der Waals surface area contributed by atoms with Gasteiger partial charge in [0.25, 0.3) is 5.91 Å². The summed E-state index contributed by atoms with van der Waals surface area (Å²) in [4.78, 5) is 36.4. The van der Waals surface area contributed by atoms with E-state index in [1.165, 1.54) is 12.4 Å². The fourth-order valence-electron chi connectivity index (χ4n) is 3.33. The number of nitrogens with zero attached hydrogens (tertiary/aromatic N) is 4. The molecule has 2 saturated heterocycles. The molecule has 7 heteroatoms. The van der Waals surface area contributed by atoms with Gasteiger partial charge in [-0.3, -0.25) is 14.6 Å². The van der Waals surface area contributed by atoms with Gasteiger partial charge < -0.3 is 14.5 Å². The molecule has 2 aliphatic heterocycles. The van der Waals surface area contributed by atoms with Crippen molar-refractivity contribution in [1.29, 1.82) is 0 Å². The maximum atomic E-state index is 12.5. The van der Waals surface area contributed by atoms with Crippen LogP contribution in [0.1, 0.15) is 30.8 Å². The van der Waals surface area contributed by atoms with Crippen molar-refractivity contribution in [2.75, 3.05) is 32.8 Å². The summed E-state index contributed by atoms with van der Waals surface area (Å²) < 4.78 is 5.60. The third kappa shape index (κ3) is 3.19. The number of aromatic nitrogens is 2. The van der Waals surface area contributed by atoms with Gasteiger partial charge in [-0.1, -0.05) is 0 Å². The average Bonchev–Trinajstić information content (AvgIpc) is 2.88. The normalized spacial score (nSPS) is 25.3. The van der Waals surface area contributed by atoms with Crippen LogP contribution in [0.2, 0.25) is 0 Å². The maximum Gasteiger partial charge on any atom is 0.274 e. The van der Waals surface area contributed by atoms with Crippen LogP contribution in [0.3, 0.4) is 0 Å². The molecule has 3 rings (SSSR count). The number of hydrogen-bond donors (Lipinski definition) is 0. The van der Waals surface area contributed by atoms with Crippen molar-refractivity contribution in [2.24, 2.45) is 5.41 Å². The van der Waals surface area contributed by atoms with E-state index in [0.29, 0.717) is 31.9 Å². The molecule has 0 bridgehead atoms.